The third-order valence-electron chi connectivity index (χ3n) is 2.87. The van der Waals surface area contributed by atoms with Crippen molar-refractivity contribution >= 4 is 0 Å². The van der Waals surface area contributed by atoms with E-state index in [1.54, 1.807) is 0 Å². The predicted molar refractivity (Wildman–Crippen MR) is 57.3 cm³/mol. The van der Waals surface area contributed by atoms with Gasteiger partial charge in [-0.3, -0.25) is 0 Å². The lowest BCUT2D eigenvalue weighted by atomic mass is 9.85. The van der Waals surface area contributed by atoms with E-state index >= 15 is 0 Å². The molecule has 0 aromatic carbocycles. The van der Waals surface area contributed by atoms with Gasteiger partial charge in [0.25, 0.3) is 0 Å². The first kappa shape index (κ1) is 17.5. The zero-order valence-corrected chi connectivity index (χ0v) is 10.5. The molecule has 0 atom stereocenters. The van der Waals surface area contributed by atoms with Crippen LogP contribution in [-0.2, 0) is 0 Å². The minimum absolute atomic E-state index is 0.129. The maximum Gasteiger partial charge on any atom is 0.390 e. The molecule has 1 N–H and O–H groups in total. The van der Waals surface area contributed by atoms with Gasteiger partial charge in [0, 0.05) is 5.54 Å². The van der Waals surface area contributed by atoms with Crippen LogP contribution >= 0.6 is 0 Å². The first-order valence-corrected chi connectivity index (χ1v) is 5.86. The highest BCUT2D eigenvalue weighted by molar-refractivity contribution is 4.91. The molecule has 110 valence electrons. The van der Waals surface area contributed by atoms with Crippen LogP contribution in [0.1, 0.15) is 45.4 Å². The Morgan fingerprint density at radius 3 is 1.56 bits per heavy atom. The normalized spacial score (nSPS) is 14.0. The van der Waals surface area contributed by atoms with Gasteiger partial charge in [0.05, 0.1) is 12.8 Å². The van der Waals surface area contributed by atoms with Crippen molar-refractivity contribution in [1.29, 1.82) is 0 Å². The fourth-order valence-electron chi connectivity index (χ4n) is 2.02. The molecular formula is C11H19F6N. The zero-order chi connectivity index (χ0) is 14.4. The fraction of sp³-hybridized carbons (Fsp3) is 1.00. The maximum atomic E-state index is 12.4. The molecule has 0 aromatic heterocycles. The van der Waals surface area contributed by atoms with Gasteiger partial charge in [-0.1, -0.05) is 26.2 Å². The second-order valence-electron chi connectivity index (χ2n) is 4.57. The van der Waals surface area contributed by atoms with Crippen LogP contribution in [-0.4, -0.2) is 24.9 Å². The van der Waals surface area contributed by atoms with Crippen molar-refractivity contribution < 1.29 is 26.3 Å². The van der Waals surface area contributed by atoms with Gasteiger partial charge < -0.3 is 5.32 Å². The summed E-state index contributed by atoms with van der Waals surface area (Å²) in [5.74, 6) is 0. The number of halogens is 6. The molecule has 0 bridgehead atoms. The molecule has 0 rings (SSSR count). The van der Waals surface area contributed by atoms with Gasteiger partial charge in [-0.2, -0.15) is 26.3 Å². The molecule has 0 heterocycles. The third-order valence-corrected chi connectivity index (χ3v) is 2.87. The van der Waals surface area contributed by atoms with E-state index in [0.29, 0.717) is 12.8 Å². The van der Waals surface area contributed by atoms with Crippen LogP contribution in [0.15, 0.2) is 0 Å². The molecule has 0 fully saturated rings. The summed E-state index contributed by atoms with van der Waals surface area (Å²) in [6.07, 6.45) is -10.5. The summed E-state index contributed by atoms with van der Waals surface area (Å²) in [5, 5.41) is 2.25. The van der Waals surface area contributed by atoms with Gasteiger partial charge in [-0.15, -0.1) is 0 Å². The zero-order valence-electron chi connectivity index (χ0n) is 10.5. The first-order chi connectivity index (χ1) is 8.04. The number of rotatable bonds is 7. The Balaban J connectivity index is 4.83. The van der Waals surface area contributed by atoms with E-state index in [0.717, 1.165) is 13.5 Å². The number of hydrogen-bond donors (Lipinski definition) is 1. The van der Waals surface area contributed by atoms with Crippen molar-refractivity contribution in [3.05, 3.63) is 0 Å². The first-order valence-electron chi connectivity index (χ1n) is 5.86. The van der Waals surface area contributed by atoms with Gasteiger partial charge in [0.2, 0.25) is 0 Å². The summed E-state index contributed by atoms with van der Waals surface area (Å²) in [4.78, 5) is 0. The third kappa shape index (κ3) is 7.79. The molecule has 0 aromatic rings. The quantitative estimate of drug-likeness (QED) is 0.537. The van der Waals surface area contributed by atoms with Crippen LogP contribution < -0.4 is 5.32 Å². The molecule has 0 saturated carbocycles. The largest absolute Gasteiger partial charge is 0.390 e. The Labute approximate surface area is 103 Å². The van der Waals surface area contributed by atoms with Gasteiger partial charge in [-0.05, 0) is 13.5 Å². The number of alkyl halides is 6. The summed E-state index contributed by atoms with van der Waals surface area (Å²) in [6, 6.07) is 0. The van der Waals surface area contributed by atoms with E-state index in [1.807, 2.05) is 6.92 Å². The lowest BCUT2D eigenvalue weighted by Gasteiger charge is -2.35. The van der Waals surface area contributed by atoms with Crippen molar-refractivity contribution in [1.82, 2.24) is 5.32 Å². The standard InChI is InChI=1S/C11H19F6N/c1-3-4-5-6-9(18-2,7-10(12,13)14)8-11(15,16)17/h18H,3-8H2,1-2H3. The second-order valence-corrected chi connectivity index (χ2v) is 4.57. The Hall–Kier alpha value is -0.460. The number of hydrogen-bond acceptors (Lipinski definition) is 1. The van der Waals surface area contributed by atoms with E-state index in [1.165, 1.54) is 0 Å². The Morgan fingerprint density at radius 1 is 0.833 bits per heavy atom. The minimum Gasteiger partial charge on any atom is -0.314 e. The van der Waals surface area contributed by atoms with Crippen LogP contribution in [0.4, 0.5) is 26.3 Å². The highest BCUT2D eigenvalue weighted by Crippen LogP contribution is 2.38. The van der Waals surface area contributed by atoms with Gasteiger partial charge >= 0.3 is 12.4 Å². The van der Waals surface area contributed by atoms with E-state index in [-0.39, 0.29) is 6.42 Å². The molecule has 1 nitrogen and oxygen atoms in total. The van der Waals surface area contributed by atoms with Crippen molar-refractivity contribution in [3.8, 4) is 0 Å². The summed E-state index contributed by atoms with van der Waals surface area (Å²) in [7, 11) is 1.16. The molecule has 7 heteroatoms. The Morgan fingerprint density at radius 2 is 1.28 bits per heavy atom. The lowest BCUT2D eigenvalue weighted by molar-refractivity contribution is -0.182. The summed E-state index contributed by atoms with van der Waals surface area (Å²) >= 11 is 0. The minimum atomic E-state index is -4.61. The van der Waals surface area contributed by atoms with Crippen LogP contribution in [0.5, 0.6) is 0 Å². The highest BCUT2D eigenvalue weighted by Gasteiger charge is 2.47. The van der Waals surface area contributed by atoms with Gasteiger partial charge in [-0.25, -0.2) is 0 Å². The van der Waals surface area contributed by atoms with Crippen molar-refractivity contribution in [2.24, 2.45) is 0 Å². The van der Waals surface area contributed by atoms with E-state index in [9.17, 15) is 26.3 Å². The maximum absolute atomic E-state index is 12.4. The SMILES string of the molecule is CCCCCC(CC(F)(F)F)(CC(F)(F)F)NC. The second kappa shape index (κ2) is 6.63. The number of unbranched alkanes of at least 4 members (excludes halogenated alkanes) is 2. The van der Waals surface area contributed by atoms with Gasteiger partial charge in [0.1, 0.15) is 0 Å². The van der Waals surface area contributed by atoms with E-state index < -0.39 is 30.7 Å². The average molecular weight is 279 g/mol. The molecule has 0 aliphatic carbocycles. The average Bonchev–Trinajstić information content (AvgIpc) is 2.12. The van der Waals surface area contributed by atoms with Crippen LogP contribution in [0.3, 0.4) is 0 Å². The molecule has 18 heavy (non-hydrogen) atoms. The Bertz CT molecular complexity index is 217. The molecule has 0 aliphatic heterocycles. The van der Waals surface area contributed by atoms with E-state index in [2.05, 4.69) is 5.32 Å². The smallest absolute Gasteiger partial charge is 0.314 e. The van der Waals surface area contributed by atoms with E-state index in [4.69, 9.17) is 0 Å². The summed E-state index contributed by atoms with van der Waals surface area (Å²) in [6.45, 7) is 1.84. The molecule has 0 aliphatic rings. The summed E-state index contributed by atoms with van der Waals surface area (Å²) < 4.78 is 74.5. The predicted octanol–water partition coefficient (Wildman–Crippen LogP) is 4.43. The topological polar surface area (TPSA) is 12.0 Å². The highest BCUT2D eigenvalue weighted by atomic mass is 19.4. The Kier molecular flexibility index (Phi) is 6.46. The van der Waals surface area contributed by atoms with Gasteiger partial charge in [0.15, 0.2) is 0 Å². The number of nitrogens with one attached hydrogen (secondary N) is 1. The van der Waals surface area contributed by atoms with Crippen LogP contribution in [0.25, 0.3) is 0 Å². The molecular weight excluding hydrogens is 260 g/mol. The fourth-order valence-corrected chi connectivity index (χ4v) is 2.02. The van der Waals surface area contributed by atoms with Crippen LogP contribution in [0, 0.1) is 0 Å². The molecule has 0 spiro atoms. The monoisotopic (exact) mass is 279 g/mol. The summed E-state index contributed by atoms with van der Waals surface area (Å²) in [5.41, 5.74) is -1.94. The van der Waals surface area contributed by atoms with Crippen molar-refractivity contribution in [2.75, 3.05) is 7.05 Å². The van der Waals surface area contributed by atoms with Crippen molar-refractivity contribution in [3.63, 3.8) is 0 Å². The van der Waals surface area contributed by atoms with Crippen molar-refractivity contribution in [2.45, 2.75) is 63.3 Å². The molecule has 0 saturated heterocycles. The van der Waals surface area contributed by atoms with Crippen LogP contribution in [0.2, 0.25) is 0 Å². The lowest BCUT2D eigenvalue weighted by Crippen LogP contribution is -2.49. The molecule has 0 amide bonds. The molecule has 0 radical (unpaired) electrons. The molecule has 0 unspecified atom stereocenters.